The first-order valence-electron chi connectivity index (χ1n) is 7.22. The van der Waals surface area contributed by atoms with E-state index < -0.39 is 6.04 Å². The fraction of sp³-hybridized carbons (Fsp3) is 0.562. The summed E-state index contributed by atoms with van der Waals surface area (Å²) in [7, 11) is 0. The number of nitrogens with two attached hydrogens (primary N) is 1. The topological polar surface area (TPSA) is 55.1 Å². The molecule has 3 N–H and O–H groups in total. The number of rotatable bonds is 5. The van der Waals surface area contributed by atoms with Crippen molar-refractivity contribution in [1.29, 1.82) is 0 Å². The Kier molecular flexibility index (Phi) is 4.25. The SMILES string of the molecule is CCC(C)[C@H](N)C(=O)NC1(c2ccccc2)CCC1. The standard InChI is InChI=1S/C16H24N2O/c1-3-12(2)14(17)15(19)18-16(10-7-11-16)13-8-5-4-6-9-13/h4-6,8-9,12,14H,3,7,10-11,17H2,1-2H3,(H,18,19)/t12?,14-/m0/s1. The minimum absolute atomic E-state index is 0.0158. The van der Waals surface area contributed by atoms with Crippen molar-refractivity contribution in [2.45, 2.75) is 51.1 Å². The molecule has 0 spiro atoms. The molecule has 1 unspecified atom stereocenters. The van der Waals surface area contributed by atoms with Crippen LogP contribution in [0.1, 0.15) is 45.1 Å². The van der Waals surface area contributed by atoms with Crippen LogP contribution in [0.2, 0.25) is 0 Å². The van der Waals surface area contributed by atoms with Crippen molar-refractivity contribution in [2.75, 3.05) is 0 Å². The predicted molar refractivity (Wildman–Crippen MR) is 77.5 cm³/mol. The Bertz CT molecular complexity index is 426. The average molecular weight is 260 g/mol. The van der Waals surface area contributed by atoms with Gasteiger partial charge in [0.05, 0.1) is 11.6 Å². The Morgan fingerprint density at radius 3 is 2.47 bits per heavy atom. The van der Waals surface area contributed by atoms with Gasteiger partial charge in [0.25, 0.3) is 0 Å². The lowest BCUT2D eigenvalue weighted by Gasteiger charge is -2.44. The van der Waals surface area contributed by atoms with Crippen LogP contribution in [0.5, 0.6) is 0 Å². The molecule has 0 saturated heterocycles. The summed E-state index contributed by atoms with van der Waals surface area (Å²) in [5, 5.41) is 3.20. The van der Waals surface area contributed by atoms with E-state index in [4.69, 9.17) is 5.73 Å². The summed E-state index contributed by atoms with van der Waals surface area (Å²) in [6, 6.07) is 9.82. The molecule has 3 nitrogen and oxygen atoms in total. The van der Waals surface area contributed by atoms with Gasteiger partial charge in [-0.05, 0) is 30.7 Å². The number of nitrogens with one attached hydrogen (secondary N) is 1. The van der Waals surface area contributed by atoms with E-state index in [9.17, 15) is 4.79 Å². The number of hydrogen-bond acceptors (Lipinski definition) is 2. The average Bonchev–Trinajstić information content (AvgIpc) is 2.41. The molecule has 104 valence electrons. The van der Waals surface area contributed by atoms with Crippen LogP contribution in [0, 0.1) is 5.92 Å². The number of amides is 1. The van der Waals surface area contributed by atoms with Crippen molar-refractivity contribution in [3.05, 3.63) is 35.9 Å². The van der Waals surface area contributed by atoms with Gasteiger partial charge in [-0.2, -0.15) is 0 Å². The molecule has 1 aromatic carbocycles. The summed E-state index contributed by atoms with van der Waals surface area (Å²) in [5.74, 6) is 0.200. The van der Waals surface area contributed by atoms with E-state index in [2.05, 4.69) is 24.4 Å². The lowest BCUT2D eigenvalue weighted by atomic mass is 9.71. The maximum absolute atomic E-state index is 12.3. The zero-order valence-electron chi connectivity index (χ0n) is 11.9. The van der Waals surface area contributed by atoms with Gasteiger partial charge >= 0.3 is 0 Å². The smallest absolute Gasteiger partial charge is 0.237 e. The van der Waals surface area contributed by atoms with Crippen molar-refractivity contribution >= 4 is 5.91 Å². The molecular weight excluding hydrogens is 236 g/mol. The van der Waals surface area contributed by atoms with Crippen LogP contribution in [0.15, 0.2) is 30.3 Å². The zero-order chi connectivity index (χ0) is 13.9. The number of carbonyl (C=O) groups excluding carboxylic acids is 1. The first-order chi connectivity index (χ1) is 9.09. The molecule has 1 saturated carbocycles. The van der Waals surface area contributed by atoms with E-state index >= 15 is 0 Å². The molecule has 1 aliphatic carbocycles. The van der Waals surface area contributed by atoms with E-state index in [0.717, 1.165) is 25.7 Å². The van der Waals surface area contributed by atoms with Crippen molar-refractivity contribution in [2.24, 2.45) is 11.7 Å². The fourth-order valence-corrected chi connectivity index (χ4v) is 2.60. The highest BCUT2D eigenvalue weighted by Gasteiger charge is 2.40. The van der Waals surface area contributed by atoms with Crippen LogP contribution in [-0.4, -0.2) is 11.9 Å². The highest BCUT2D eigenvalue weighted by Crippen LogP contribution is 2.41. The quantitative estimate of drug-likeness (QED) is 0.855. The minimum Gasteiger partial charge on any atom is -0.345 e. The summed E-state index contributed by atoms with van der Waals surface area (Å²) >= 11 is 0. The van der Waals surface area contributed by atoms with E-state index in [1.807, 2.05) is 25.1 Å². The molecule has 0 bridgehead atoms. The number of hydrogen-bond donors (Lipinski definition) is 2. The van der Waals surface area contributed by atoms with Crippen LogP contribution >= 0.6 is 0 Å². The van der Waals surface area contributed by atoms with Crippen molar-refractivity contribution in [3.8, 4) is 0 Å². The van der Waals surface area contributed by atoms with Crippen LogP contribution < -0.4 is 11.1 Å². The Balaban J connectivity index is 2.10. The molecule has 1 aliphatic rings. The second-order valence-corrected chi connectivity index (χ2v) is 5.70. The van der Waals surface area contributed by atoms with Gasteiger partial charge < -0.3 is 11.1 Å². The van der Waals surface area contributed by atoms with Gasteiger partial charge in [-0.15, -0.1) is 0 Å². The van der Waals surface area contributed by atoms with E-state index in [1.54, 1.807) is 0 Å². The maximum Gasteiger partial charge on any atom is 0.237 e. The minimum atomic E-state index is -0.411. The van der Waals surface area contributed by atoms with Gasteiger partial charge in [0.2, 0.25) is 5.91 Å². The Hall–Kier alpha value is -1.35. The van der Waals surface area contributed by atoms with Gasteiger partial charge in [0.15, 0.2) is 0 Å². The number of carbonyl (C=O) groups is 1. The summed E-state index contributed by atoms with van der Waals surface area (Å²) in [5.41, 5.74) is 7.05. The first kappa shape index (κ1) is 14.1. The molecule has 2 atom stereocenters. The normalized spacial score (nSPS) is 20.2. The molecule has 0 aromatic heterocycles. The molecule has 0 heterocycles. The molecule has 3 heteroatoms. The summed E-state index contributed by atoms with van der Waals surface area (Å²) < 4.78 is 0. The van der Waals surface area contributed by atoms with E-state index in [1.165, 1.54) is 5.56 Å². The summed E-state index contributed by atoms with van der Waals surface area (Å²) in [4.78, 5) is 12.3. The third-order valence-corrected chi connectivity index (χ3v) is 4.46. The highest BCUT2D eigenvalue weighted by molar-refractivity contribution is 5.82. The van der Waals surface area contributed by atoms with Gasteiger partial charge in [-0.3, -0.25) is 4.79 Å². The molecular formula is C16H24N2O. The van der Waals surface area contributed by atoms with E-state index in [-0.39, 0.29) is 17.4 Å². The van der Waals surface area contributed by atoms with Crippen molar-refractivity contribution < 1.29 is 4.79 Å². The van der Waals surface area contributed by atoms with Gasteiger partial charge in [-0.25, -0.2) is 0 Å². The van der Waals surface area contributed by atoms with E-state index in [0.29, 0.717) is 0 Å². The molecule has 1 fully saturated rings. The molecule has 19 heavy (non-hydrogen) atoms. The van der Waals surface area contributed by atoms with Crippen molar-refractivity contribution in [1.82, 2.24) is 5.32 Å². The van der Waals surface area contributed by atoms with Crippen LogP contribution in [0.25, 0.3) is 0 Å². The zero-order valence-corrected chi connectivity index (χ0v) is 11.9. The fourth-order valence-electron chi connectivity index (χ4n) is 2.60. The van der Waals surface area contributed by atoms with Crippen LogP contribution in [0.4, 0.5) is 0 Å². The van der Waals surface area contributed by atoms with Gasteiger partial charge in [-0.1, -0.05) is 50.6 Å². The molecule has 2 rings (SSSR count). The van der Waals surface area contributed by atoms with Crippen LogP contribution in [-0.2, 0) is 10.3 Å². The van der Waals surface area contributed by atoms with Crippen LogP contribution in [0.3, 0.4) is 0 Å². The first-order valence-corrected chi connectivity index (χ1v) is 7.22. The highest BCUT2D eigenvalue weighted by atomic mass is 16.2. The Labute approximate surface area is 115 Å². The predicted octanol–water partition coefficient (Wildman–Crippen LogP) is 2.56. The summed E-state index contributed by atoms with van der Waals surface area (Å²) in [6.45, 7) is 4.09. The molecule has 0 radical (unpaired) electrons. The number of benzene rings is 1. The lowest BCUT2D eigenvalue weighted by Crippen LogP contribution is -2.56. The lowest BCUT2D eigenvalue weighted by molar-refractivity contribution is -0.126. The Morgan fingerprint density at radius 1 is 1.37 bits per heavy atom. The largest absolute Gasteiger partial charge is 0.345 e. The monoisotopic (exact) mass is 260 g/mol. The molecule has 1 amide bonds. The third kappa shape index (κ3) is 2.81. The third-order valence-electron chi connectivity index (χ3n) is 4.46. The second-order valence-electron chi connectivity index (χ2n) is 5.70. The van der Waals surface area contributed by atoms with Gasteiger partial charge in [0, 0.05) is 0 Å². The second kappa shape index (κ2) is 5.74. The molecule has 1 aromatic rings. The maximum atomic E-state index is 12.3. The van der Waals surface area contributed by atoms with Crippen molar-refractivity contribution in [3.63, 3.8) is 0 Å². The van der Waals surface area contributed by atoms with Gasteiger partial charge in [0.1, 0.15) is 0 Å². The summed E-state index contributed by atoms with van der Waals surface area (Å²) in [6.07, 6.45) is 4.10. The Morgan fingerprint density at radius 2 is 2.00 bits per heavy atom. The molecule has 0 aliphatic heterocycles.